The number of ether oxygens (including phenoxy) is 1. The van der Waals surface area contributed by atoms with Crippen molar-refractivity contribution in [2.45, 2.75) is 6.04 Å². The predicted molar refractivity (Wildman–Crippen MR) is 83.8 cm³/mol. The molecule has 120 valence electrons. The standard InChI is InChI=1S/C14H20N4O3S/c1-17(2)22(19,20)16-13(14-15-9-10-18(14)3)11-5-7-12(21-4)8-6-11/h5-10,13,16H,1-4H3. The average molecular weight is 324 g/mol. The van der Waals surface area contributed by atoms with Crippen LogP contribution in [0.5, 0.6) is 5.75 Å². The molecule has 2 rings (SSSR count). The second kappa shape index (κ2) is 6.47. The van der Waals surface area contributed by atoms with Crippen molar-refractivity contribution >= 4 is 10.2 Å². The molecule has 0 fully saturated rings. The molecule has 0 saturated carbocycles. The maximum atomic E-state index is 12.2. The van der Waals surface area contributed by atoms with E-state index in [1.165, 1.54) is 14.1 Å². The summed E-state index contributed by atoms with van der Waals surface area (Å²) >= 11 is 0. The molecular weight excluding hydrogens is 304 g/mol. The lowest BCUT2D eigenvalue weighted by Gasteiger charge is -2.21. The molecular formula is C14H20N4O3S. The quantitative estimate of drug-likeness (QED) is 0.857. The van der Waals surface area contributed by atoms with Gasteiger partial charge in [0, 0.05) is 33.5 Å². The Morgan fingerprint density at radius 1 is 1.27 bits per heavy atom. The van der Waals surface area contributed by atoms with Crippen LogP contribution in [0, 0.1) is 0 Å². The average Bonchev–Trinajstić information content (AvgIpc) is 2.91. The fraction of sp³-hybridized carbons (Fsp3) is 0.357. The van der Waals surface area contributed by atoms with Gasteiger partial charge >= 0.3 is 0 Å². The Hall–Kier alpha value is -1.90. The fourth-order valence-corrected chi connectivity index (χ4v) is 2.73. The summed E-state index contributed by atoms with van der Waals surface area (Å²) in [5, 5.41) is 0. The number of nitrogens with zero attached hydrogens (tertiary/aromatic N) is 3. The Morgan fingerprint density at radius 3 is 2.36 bits per heavy atom. The van der Waals surface area contributed by atoms with E-state index in [0.717, 1.165) is 9.87 Å². The minimum atomic E-state index is -3.61. The zero-order valence-electron chi connectivity index (χ0n) is 13.0. The number of hydrogen-bond donors (Lipinski definition) is 1. The van der Waals surface area contributed by atoms with Crippen molar-refractivity contribution in [3.05, 3.63) is 48.0 Å². The lowest BCUT2D eigenvalue weighted by Crippen LogP contribution is -2.39. The highest BCUT2D eigenvalue weighted by molar-refractivity contribution is 7.87. The third kappa shape index (κ3) is 3.46. The third-order valence-corrected chi connectivity index (χ3v) is 4.81. The minimum absolute atomic E-state index is 0.585. The van der Waals surface area contributed by atoms with Crippen molar-refractivity contribution in [1.29, 1.82) is 0 Å². The number of aryl methyl sites for hydroxylation is 1. The maximum absolute atomic E-state index is 12.2. The monoisotopic (exact) mass is 324 g/mol. The Morgan fingerprint density at radius 2 is 1.91 bits per heavy atom. The van der Waals surface area contributed by atoms with E-state index >= 15 is 0 Å². The molecule has 0 spiro atoms. The van der Waals surface area contributed by atoms with Crippen molar-refractivity contribution in [3.8, 4) is 5.75 Å². The zero-order chi connectivity index (χ0) is 16.3. The van der Waals surface area contributed by atoms with Crippen LogP contribution in [-0.4, -0.2) is 43.5 Å². The van der Waals surface area contributed by atoms with Crippen LogP contribution in [0.3, 0.4) is 0 Å². The molecule has 2 aromatic rings. The number of imidazole rings is 1. The normalized spacial score (nSPS) is 13.3. The van der Waals surface area contributed by atoms with Crippen LogP contribution in [0.15, 0.2) is 36.7 Å². The first-order chi connectivity index (χ1) is 10.3. The van der Waals surface area contributed by atoms with Gasteiger partial charge in [0.25, 0.3) is 10.2 Å². The smallest absolute Gasteiger partial charge is 0.279 e. The van der Waals surface area contributed by atoms with E-state index in [1.54, 1.807) is 36.2 Å². The summed E-state index contributed by atoms with van der Waals surface area (Å²) in [5.41, 5.74) is 0.778. The van der Waals surface area contributed by atoms with Gasteiger partial charge in [-0.3, -0.25) is 0 Å². The highest BCUT2D eigenvalue weighted by Gasteiger charge is 2.25. The molecule has 1 atom stereocenters. The predicted octanol–water partition coefficient (Wildman–Crippen LogP) is 0.914. The first-order valence-corrected chi connectivity index (χ1v) is 8.10. The second-order valence-electron chi connectivity index (χ2n) is 5.01. The van der Waals surface area contributed by atoms with Gasteiger partial charge in [0.05, 0.1) is 7.11 Å². The Labute approximate surface area is 130 Å². The van der Waals surface area contributed by atoms with Crippen LogP contribution in [0.1, 0.15) is 17.4 Å². The molecule has 1 aromatic carbocycles. The topological polar surface area (TPSA) is 76.5 Å². The summed E-state index contributed by atoms with van der Waals surface area (Å²) < 4.78 is 35.1. The molecule has 1 N–H and O–H groups in total. The van der Waals surface area contributed by atoms with E-state index in [0.29, 0.717) is 11.6 Å². The van der Waals surface area contributed by atoms with Crippen molar-refractivity contribution in [3.63, 3.8) is 0 Å². The molecule has 8 heteroatoms. The molecule has 0 saturated heterocycles. The summed E-state index contributed by atoms with van der Waals surface area (Å²) in [6.45, 7) is 0. The highest BCUT2D eigenvalue weighted by atomic mass is 32.2. The Kier molecular flexibility index (Phi) is 4.84. The van der Waals surface area contributed by atoms with Crippen LogP contribution in [-0.2, 0) is 17.3 Å². The SMILES string of the molecule is COc1ccc(C(NS(=O)(=O)N(C)C)c2nccn2C)cc1. The molecule has 7 nitrogen and oxygen atoms in total. The van der Waals surface area contributed by atoms with Crippen molar-refractivity contribution < 1.29 is 13.2 Å². The van der Waals surface area contributed by atoms with Crippen LogP contribution >= 0.6 is 0 Å². The van der Waals surface area contributed by atoms with Gasteiger partial charge in [0.15, 0.2) is 0 Å². The van der Waals surface area contributed by atoms with Gasteiger partial charge in [-0.25, -0.2) is 4.98 Å². The van der Waals surface area contributed by atoms with Gasteiger partial charge in [-0.2, -0.15) is 17.4 Å². The van der Waals surface area contributed by atoms with Gasteiger partial charge in [-0.05, 0) is 17.7 Å². The van der Waals surface area contributed by atoms with Crippen molar-refractivity contribution in [2.75, 3.05) is 21.2 Å². The summed E-state index contributed by atoms with van der Waals surface area (Å²) in [6, 6.07) is 6.62. The van der Waals surface area contributed by atoms with Crippen LogP contribution in [0.25, 0.3) is 0 Å². The first kappa shape index (κ1) is 16.5. The molecule has 1 aromatic heterocycles. The molecule has 1 unspecified atom stereocenters. The number of benzene rings is 1. The van der Waals surface area contributed by atoms with Crippen molar-refractivity contribution in [2.24, 2.45) is 7.05 Å². The fourth-order valence-electron chi connectivity index (χ4n) is 1.98. The van der Waals surface area contributed by atoms with Gasteiger partial charge in [-0.1, -0.05) is 12.1 Å². The maximum Gasteiger partial charge on any atom is 0.279 e. The number of aromatic nitrogens is 2. The molecule has 0 aliphatic carbocycles. The Balaban J connectivity index is 2.44. The third-order valence-electron chi connectivity index (χ3n) is 3.31. The molecule has 0 radical (unpaired) electrons. The van der Waals surface area contributed by atoms with E-state index in [-0.39, 0.29) is 0 Å². The highest BCUT2D eigenvalue weighted by Crippen LogP contribution is 2.24. The molecule has 0 amide bonds. The molecule has 0 bridgehead atoms. The van der Waals surface area contributed by atoms with Gasteiger partial charge in [0.2, 0.25) is 0 Å². The van der Waals surface area contributed by atoms with Gasteiger partial charge in [-0.15, -0.1) is 0 Å². The molecule has 0 aliphatic heterocycles. The van der Waals surface area contributed by atoms with E-state index in [9.17, 15) is 8.42 Å². The number of nitrogens with one attached hydrogen (secondary N) is 1. The van der Waals surface area contributed by atoms with E-state index in [1.807, 2.05) is 19.2 Å². The minimum Gasteiger partial charge on any atom is -0.497 e. The van der Waals surface area contributed by atoms with E-state index in [2.05, 4.69) is 9.71 Å². The second-order valence-corrected chi connectivity index (χ2v) is 6.92. The van der Waals surface area contributed by atoms with Crippen LogP contribution in [0.4, 0.5) is 0 Å². The molecule has 0 aliphatic rings. The number of hydrogen-bond acceptors (Lipinski definition) is 4. The van der Waals surface area contributed by atoms with E-state index < -0.39 is 16.3 Å². The number of methoxy groups -OCH3 is 1. The van der Waals surface area contributed by atoms with E-state index in [4.69, 9.17) is 4.74 Å². The zero-order valence-corrected chi connectivity index (χ0v) is 13.8. The lowest BCUT2D eigenvalue weighted by atomic mass is 10.1. The van der Waals surface area contributed by atoms with Crippen molar-refractivity contribution in [1.82, 2.24) is 18.6 Å². The van der Waals surface area contributed by atoms with Crippen LogP contribution in [0.2, 0.25) is 0 Å². The summed E-state index contributed by atoms with van der Waals surface area (Å²) in [6.07, 6.45) is 3.41. The van der Waals surface area contributed by atoms with Crippen LogP contribution < -0.4 is 9.46 Å². The lowest BCUT2D eigenvalue weighted by molar-refractivity contribution is 0.414. The van der Waals surface area contributed by atoms with Gasteiger partial charge in [0.1, 0.15) is 17.6 Å². The largest absolute Gasteiger partial charge is 0.497 e. The summed E-state index contributed by atoms with van der Waals surface area (Å²) in [7, 11) is 2.76. The first-order valence-electron chi connectivity index (χ1n) is 6.66. The molecule has 22 heavy (non-hydrogen) atoms. The molecule has 1 heterocycles. The summed E-state index contributed by atoms with van der Waals surface area (Å²) in [4.78, 5) is 4.26. The Bertz CT molecular complexity index is 723. The van der Waals surface area contributed by atoms with Gasteiger partial charge < -0.3 is 9.30 Å². The number of rotatable bonds is 6. The summed E-state index contributed by atoms with van der Waals surface area (Å²) in [5.74, 6) is 1.31.